The Morgan fingerprint density at radius 2 is 1.61 bits per heavy atom. The number of para-hydroxylation sites is 1. The molecule has 154 valence electrons. The van der Waals surface area contributed by atoms with E-state index in [2.05, 4.69) is 15.6 Å². The Bertz CT molecular complexity index is 1250. The van der Waals surface area contributed by atoms with Gasteiger partial charge in [-0.05, 0) is 23.8 Å². The number of carbonyl (C=O) groups excluding carboxylic acids is 2. The highest BCUT2D eigenvalue weighted by molar-refractivity contribution is 6.09. The van der Waals surface area contributed by atoms with Gasteiger partial charge in [-0.3, -0.25) is 19.7 Å². The van der Waals surface area contributed by atoms with E-state index in [0.29, 0.717) is 22.2 Å². The van der Waals surface area contributed by atoms with E-state index < -0.39 is 22.8 Å². The molecular formula is C23H18N4O4. The third-order valence-electron chi connectivity index (χ3n) is 4.83. The summed E-state index contributed by atoms with van der Waals surface area (Å²) >= 11 is 0. The molecule has 0 saturated heterocycles. The third kappa shape index (κ3) is 4.27. The standard InChI is InChI=1S/C23H18N4O4/c28-22(19-14-24-20-12-11-17(27(30)31)13-18(19)20)26-21(15-7-3-1-4-8-15)23(29)25-16-9-5-2-6-10-16/h1-14,21,24H,(H,25,29)(H,26,28). The zero-order chi connectivity index (χ0) is 21.8. The molecule has 1 atom stereocenters. The van der Waals surface area contributed by atoms with Crippen LogP contribution in [0.25, 0.3) is 10.9 Å². The van der Waals surface area contributed by atoms with Crippen LogP contribution in [0.15, 0.2) is 85.1 Å². The zero-order valence-corrected chi connectivity index (χ0v) is 16.2. The quantitative estimate of drug-likeness (QED) is 0.324. The number of rotatable bonds is 6. The molecule has 3 aromatic carbocycles. The molecule has 0 saturated carbocycles. The molecular weight excluding hydrogens is 396 g/mol. The molecule has 1 heterocycles. The van der Waals surface area contributed by atoms with Gasteiger partial charge in [-0.1, -0.05) is 48.5 Å². The minimum Gasteiger partial charge on any atom is -0.360 e. The summed E-state index contributed by atoms with van der Waals surface area (Å²) in [6.45, 7) is 0. The molecule has 0 aliphatic carbocycles. The Morgan fingerprint density at radius 1 is 0.935 bits per heavy atom. The topological polar surface area (TPSA) is 117 Å². The number of anilines is 1. The highest BCUT2D eigenvalue weighted by Crippen LogP contribution is 2.25. The highest BCUT2D eigenvalue weighted by Gasteiger charge is 2.25. The normalized spacial score (nSPS) is 11.6. The summed E-state index contributed by atoms with van der Waals surface area (Å²) in [5, 5.41) is 17.1. The molecule has 31 heavy (non-hydrogen) atoms. The number of nitro groups is 1. The summed E-state index contributed by atoms with van der Waals surface area (Å²) in [6.07, 6.45) is 1.47. The van der Waals surface area contributed by atoms with Crippen LogP contribution in [0.2, 0.25) is 0 Å². The molecule has 0 aliphatic heterocycles. The second-order valence-electron chi connectivity index (χ2n) is 6.86. The van der Waals surface area contributed by atoms with Crippen molar-refractivity contribution >= 4 is 34.1 Å². The molecule has 0 spiro atoms. The highest BCUT2D eigenvalue weighted by atomic mass is 16.6. The summed E-state index contributed by atoms with van der Waals surface area (Å²) in [5.41, 5.74) is 1.89. The monoisotopic (exact) mass is 414 g/mol. The fourth-order valence-electron chi connectivity index (χ4n) is 3.30. The van der Waals surface area contributed by atoms with Crippen LogP contribution in [-0.4, -0.2) is 21.7 Å². The van der Waals surface area contributed by atoms with Crippen LogP contribution < -0.4 is 10.6 Å². The molecule has 8 heteroatoms. The van der Waals surface area contributed by atoms with Crippen molar-refractivity contribution in [2.24, 2.45) is 0 Å². The number of hydrogen-bond acceptors (Lipinski definition) is 4. The molecule has 0 bridgehead atoms. The van der Waals surface area contributed by atoms with E-state index in [0.717, 1.165) is 0 Å². The van der Waals surface area contributed by atoms with E-state index in [1.54, 1.807) is 54.6 Å². The number of benzene rings is 3. The van der Waals surface area contributed by atoms with E-state index in [4.69, 9.17) is 0 Å². The number of aromatic nitrogens is 1. The van der Waals surface area contributed by atoms with Gasteiger partial charge in [-0.2, -0.15) is 0 Å². The first-order valence-corrected chi connectivity index (χ1v) is 9.50. The van der Waals surface area contributed by atoms with Crippen LogP contribution in [0, 0.1) is 10.1 Å². The van der Waals surface area contributed by atoms with Gasteiger partial charge >= 0.3 is 0 Å². The Labute approximate surface area is 177 Å². The molecule has 2 amide bonds. The van der Waals surface area contributed by atoms with Crippen LogP contribution in [-0.2, 0) is 4.79 Å². The van der Waals surface area contributed by atoms with Crippen molar-refractivity contribution in [3.63, 3.8) is 0 Å². The van der Waals surface area contributed by atoms with Crippen molar-refractivity contribution in [2.45, 2.75) is 6.04 Å². The van der Waals surface area contributed by atoms with Crippen LogP contribution in [0.1, 0.15) is 22.0 Å². The van der Waals surface area contributed by atoms with Crippen molar-refractivity contribution in [3.8, 4) is 0 Å². The van der Waals surface area contributed by atoms with E-state index in [9.17, 15) is 19.7 Å². The Kier molecular flexibility index (Phi) is 5.44. The van der Waals surface area contributed by atoms with Gasteiger partial charge in [-0.25, -0.2) is 0 Å². The zero-order valence-electron chi connectivity index (χ0n) is 16.2. The average Bonchev–Trinajstić information content (AvgIpc) is 3.22. The van der Waals surface area contributed by atoms with Gasteiger partial charge in [0.1, 0.15) is 6.04 Å². The largest absolute Gasteiger partial charge is 0.360 e. The van der Waals surface area contributed by atoms with Crippen LogP contribution >= 0.6 is 0 Å². The summed E-state index contributed by atoms with van der Waals surface area (Å²) < 4.78 is 0. The summed E-state index contributed by atoms with van der Waals surface area (Å²) in [4.78, 5) is 39.6. The number of carbonyl (C=O) groups is 2. The molecule has 0 aliphatic rings. The third-order valence-corrected chi connectivity index (χ3v) is 4.83. The first-order valence-electron chi connectivity index (χ1n) is 9.50. The van der Waals surface area contributed by atoms with Gasteiger partial charge in [0.05, 0.1) is 10.5 Å². The van der Waals surface area contributed by atoms with Crippen LogP contribution in [0.5, 0.6) is 0 Å². The minimum atomic E-state index is -0.961. The van der Waals surface area contributed by atoms with Crippen LogP contribution in [0.4, 0.5) is 11.4 Å². The Hall–Kier alpha value is -4.46. The number of fused-ring (bicyclic) bond motifs is 1. The van der Waals surface area contributed by atoms with Gasteiger partial charge in [0, 0.05) is 34.9 Å². The summed E-state index contributed by atoms with van der Waals surface area (Å²) in [7, 11) is 0. The van der Waals surface area contributed by atoms with Gasteiger partial charge in [0.2, 0.25) is 0 Å². The van der Waals surface area contributed by atoms with Crippen molar-refractivity contribution in [1.82, 2.24) is 10.3 Å². The molecule has 4 rings (SSSR count). The van der Waals surface area contributed by atoms with E-state index in [1.807, 2.05) is 12.1 Å². The number of non-ortho nitro benzene ring substituents is 1. The minimum absolute atomic E-state index is 0.123. The number of aromatic amines is 1. The SMILES string of the molecule is O=C(NC(C(=O)Nc1ccccc1)c1ccccc1)c1c[nH]c2ccc([N+](=O)[O-])cc12. The molecule has 0 fully saturated rings. The second kappa shape index (κ2) is 8.50. The number of nitro benzene ring substituents is 1. The smallest absolute Gasteiger partial charge is 0.270 e. The summed E-state index contributed by atoms with van der Waals surface area (Å²) in [6, 6.07) is 21.1. The molecule has 1 aromatic heterocycles. The second-order valence-corrected chi connectivity index (χ2v) is 6.86. The number of H-pyrrole nitrogens is 1. The lowest BCUT2D eigenvalue weighted by Gasteiger charge is -2.19. The summed E-state index contributed by atoms with van der Waals surface area (Å²) in [5.74, 6) is -0.930. The fraction of sp³-hybridized carbons (Fsp3) is 0.0435. The molecule has 4 aromatic rings. The van der Waals surface area contributed by atoms with E-state index in [1.165, 1.54) is 18.3 Å². The maximum Gasteiger partial charge on any atom is 0.270 e. The first kappa shape index (κ1) is 19.8. The van der Waals surface area contributed by atoms with E-state index in [-0.39, 0.29) is 11.3 Å². The molecule has 0 radical (unpaired) electrons. The lowest BCUT2D eigenvalue weighted by molar-refractivity contribution is -0.384. The van der Waals surface area contributed by atoms with Crippen molar-refractivity contribution in [2.75, 3.05) is 5.32 Å². The molecule has 3 N–H and O–H groups in total. The number of nitrogens with one attached hydrogen (secondary N) is 3. The lowest BCUT2D eigenvalue weighted by atomic mass is 10.0. The molecule has 1 unspecified atom stereocenters. The lowest BCUT2D eigenvalue weighted by Crippen LogP contribution is -2.37. The fourth-order valence-corrected chi connectivity index (χ4v) is 3.30. The Morgan fingerprint density at radius 3 is 2.29 bits per heavy atom. The number of hydrogen-bond donors (Lipinski definition) is 3. The maximum atomic E-state index is 13.1. The van der Waals surface area contributed by atoms with E-state index >= 15 is 0 Å². The van der Waals surface area contributed by atoms with Crippen LogP contribution in [0.3, 0.4) is 0 Å². The predicted molar refractivity (Wildman–Crippen MR) is 117 cm³/mol. The number of amides is 2. The number of nitrogens with zero attached hydrogens (tertiary/aromatic N) is 1. The maximum absolute atomic E-state index is 13.1. The predicted octanol–water partition coefficient (Wildman–Crippen LogP) is 4.19. The van der Waals surface area contributed by atoms with Gasteiger partial charge in [0.15, 0.2) is 0 Å². The average molecular weight is 414 g/mol. The first-order chi connectivity index (χ1) is 15.0. The van der Waals surface area contributed by atoms with Gasteiger partial charge in [-0.15, -0.1) is 0 Å². The van der Waals surface area contributed by atoms with Crippen molar-refractivity contribution in [1.29, 1.82) is 0 Å². The van der Waals surface area contributed by atoms with Crippen molar-refractivity contribution in [3.05, 3.63) is 106 Å². The Balaban J connectivity index is 1.65. The molecule has 8 nitrogen and oxygen atoms in total. The van der Waals surface area contributed by atoms with Gasteiger partial charge in [0.25, 0.3) is 17.5 Å². The van der Waals surface area contributed by atoms with Gasteiger partial charge < -0.3 is 15.6 Å². The van der Waals surface area contributed by atoms with Crippen molar-refractivity contribution < 1.29 is 14.5 Å².